The minimum atomic E-state index is -0.156. The van der Waals surface area contributed by atoms with Crippen LogP contribution >= 0.6 is 0 Å². The number of hydrogen-bond acceptors (Lipinski definition) is 3. The van der Waals surface area contributed by atoms with Gasteiger partial charge in [0.15, 0.2) is 0 Å². The lowest BCUT2D eigenvalue weighted by Crippen LogP contribution is -2.31. The molecule has 1 aromatic rings. The first kappa shape index (κ1) is 13.3. The van der Waals surface area contributed by atoms with Crippen molar-refractivity contribution in [2.75, 3.05) is 32.1 Å². The van der Waals surface area contributed by atoms with E-state index in [1.165, 1.54) is 0 Å². The Kier molecular flexibility index (Phi) is 5.29. The average molecular weight is 237 g/mol. The van der Waals surface area contributed by atoms with Crippen LogP contribution in [0, 0.1) is 0 Å². The minimum absolute atomic E-state index is 0.156. The third-order valence-electron chi connectivity index (χ3n) is 2.33. The molecule has 1 aromatic carbocycles. The summed E-state index contributed by atoms with van der Waals surface area (Å²) in [6.07, 6.45) is 0. The van der Waals surface area contributed by atoms with Crippen LogP contribution in [-0.2, 0) is 0 Å². The zero-order chi connectivity index (χ0) is 12.7. The summed E-state index contributed by atoms with van der Waals surface area (Å²) in [4.78, 5) is 13.3. The van der Waals surface area contributed by atoms with E-state index in [9.17, 15) is 4.79 Å². The second-order valence-electron chi connectivity index (χ2n) is 3.58. The number of benzene rings is 1. The summed E-state index contributed by atoms with van der Waals surface area (Å²) < 4.78 is 5.44. The molecule has 2 amide bonds. The van der Waals surface area contributed by atoms with Crippen molar-refractivity contribution >= 4 is 11.7 Å². The van der Waals surface area contributed by atoms with Crippen LogP contribution < -0.4 is 15.8 Å². The highest BCUT2D eigenvalue weighted by Gasteiger charge is 2.09. The van der Waals surface area contributed by atoms with E-state index in [-0.39, 0.29) is 6.03 Å². The Morgan fingerprint density at radius 3 is 2.82 bits per heavy atom. The number of hydrogen-bond donors (Lipinski definition) is 2. The van der Waals surface area contributed by atoms with Crippen LogP contribution in [0.5, 0.6) is 5.75 Å². The minimum Gasteiger partial charge on any atom is -0.490 e. The molecule has 0 aliphatic carbocycles. The van der Waals surface area contributed by atoms with Crippen molar-refractivity contribution in [1.29, 1.82) is 0 Å². The van der Waals surface area contributed by atoms with E-state index in [2.05, 4.69) is 5.32 Å². The van der Waals surface area contributed by atoms with Crippen molar-refractivity contribution in [1.82, 2.24) is 4.90 Å². The maximum atomic E-state index is 11.7. The Balaban J connectivity index is 2.72. The van der Waals surface area contributed by atoms with Crippen LogP contribution in [0.4, 0.5) is 10.5 Å². The molecule has 0 unspecified atom stereocenters. The molecule has 94 valence electrons. The Labute approximate surface area is 102 Å². The summed E-state index contributed by atoms with van der Waals surface area (Å²) in [6, 6.07) is 7.14. The van der Waals surface area contributed by atoms with Crippen molar-refractivity contribution in [2.24, 2.45) is 5.73 Å². The summed E-state index contributed by atoms with van der Waals surface area (Å²) in [5.74, 6) is 0.635. The molecule has 1 rings (SSSR count). The van der Waals surface area contributed by atoms with Gasteiger partial charge in [-0.25, -0.2) is 4.79 Å². The lowest BCUT2D eigenvalue weighted by molar-refractivity contribution is 0.224. The Morgan fingerprint density at radius 2 is 2.18 bits per heavy atom. The largest absolute Gasteiger partial charge is 0.490 e. The van der Waals surface area contributed by atoms with Crippen molar-refractivity contribution in [3.8, 4) is 5.75 Å². The van der Waals surface area contributed by atoms with E-state index in [0.29, 0.717) is 31.1 Å². The zero-order valence-corrected chi connectivity index (χ0v) is 10.3. The maximum absolute atomic E-state index is 11.7. The summed E-state index contributed by atoms with van der Waals surface area (Å²) >= 11 is 0. The first-order chi connectivity index (χ1) is 8.19. The topological polar surface area (TPSA) is 67.6 Å². The molecular weight excluding hydrogens is 218 g/mol. The summed E-state index contributed by atoms with van der Waals surface area (Å²) in [6.45, 7) is 3.43. The van der Waals surface area contributed by atoms with Gasteiger partial charge in [-0.05, 0) is 19.1 Å². The predicted octanol–water partition coefficient (Wildman–Crippen LogP) is 1.51. The average Bonchev–Trinajstić information content (AvgIpc) is 2.36. The van der Waals surface area contributed by atoms with Crippen LogP contribution in [-0.4, -0.2) is 37.7 Å². The van der Waals surface area contributed by atoms with Gasteiger partial charge in [-0.15, -0.1) is 0 Å². The summed E-state index contributed by atoms with van der Waals surface area (Å²) in [5.41, 5.74) is 6.04. The number of amides is 2. The second-order valence-corrected chi connectivity index (χ2v) is 3.58. The monoisotopic (exact) mass is 237 g/mol. The lowest BCUT2D eigenvalue weighted by atomic mass is 10.3. The quantitative estimate of drug-likeness (QED) is 0.815. The molecule has 0 atom stereocenters. The highest BCUT2D eigenvalue weighted by Crippen LogP contribution is 2.23. The van der Waals surface area contributed by atoms with E-state index in [1.54, 1.807) is 24.1 Å². The molecule has 0 fully saturated rings. The van der Waals surface area contributed by atoms with E-state index in [1.807, 2.05) is 19.1 Å². The van der Waals surface area contributed by atoms with Crippen LogP contribution in [0.25, 0.3) is 0 Å². The van der Waals surface area contributed by atoms with Crippen LogP contribution in [0.15, 0.2) is 24.3 Å². The van der Waals surface area contributed by atoms with Gasteiger partial charge in [-0.2, -0.15) is 0 Å². The van der Waals surface area contributed by atoms with Gasteiger partial charge in [0.05, 0.1) is 5.69 Å². The molecular formula is C12H19N3O2. The molecule has 0 bridgehead atoms. The fourth-order valence-corrected chi connectivity index (χ4v) is 1.22. The van der Waals surface area contributed by atoms with Crippen molar-refractivity contribution in [2.45, 2.75) is 6.92 Å². The Bertz CT molecular complexity index is 369. The molecule has 5 nitrogen and oxygen atoms in total. The van der Waals surface area contributed by atoms with Crippen molar-refractivity contribution < 1.29 is 9.53 Å². The SMILES string of the molecule is CCN(C)C(=O)Nc1ccccc1OCCN. The highest BCUT2D eigenvalue weighted by molar-refractivity contribution is 5.90. The smallest absolute Gasteiger partial charge is 0.321 e. The molecule has 0 aliphatic heterocycles. The molecule has 0 spiro atoms. The van der Waals surface area contributed by atoms with E-state index >= 15 is 0 Å². The van der Waals surface area contributed by atoms with Gasteiger partial charge in [-0.1, -0.05) is 12.1 Å². The molecule has 5 heteroatoms. The summed E-state index contributed by atoms with van der Waals surface area (Å²) in [5, 5.41) is 2.79. The molecule has 0 saturated carbocycles. The third kappa shape index (κ3) is 3.96. The molecule has 0 aromatic heterocycles. The van der Waals surface area contributed by atoms with Crippen LogP contribution in [0.2, 0.25) is 0 Å². The van der Waals surface area contributed by atoms with Gasteiger partial charge in [0.2, 0.25) is 0 Å². The fraction of sp³-hybridized carbons (Fsp3) is 0.417. The first-order valence-electron chi connectivity index (χ1n) is 5.63. The van der Waals surface area contributed by atoms with Crippen LogP contribution in [0.1, 0.15) is 6.92 Å². The molecule has 0 heterocycles. The van der Waals surface area contributed by atoms with Gasteiger partial charge in [0.1, 0.15) is 12.4 Å². The standard InChI is InChI=1S/C12H19N3O2/c1-3-15(2)12(16)14-10-6-4-5-7-11(10)17-9-8-13/h4-7H,3,8-9,13H2,1-2H3,(H,14,16). The number of nitrogens with zero attached hydrogens (tertiary/aromatic N) is 1. The number of rotatable bonds is 5. The van der Waals surface area contributed by atoms with E-state index in [0.717, 1.165) is 0 Å². The third-order valence-corrected chi connectivity index (χ3v) is 2.33. The Hall–Kier alpha value is -1.75. The number of urea groups is 1. The number of para-hydroxylation sites is 2. The maximum Gasteiger partial charge on any atom is 0.321 e. The number of nitrogens with one attached hydrogen (secondary N) is 1. The molecule has 0 radical (unpaired) electrons. The zero-order valence-electron chi connectivity index (χ0n) is 10.3. The number of anilines is 1. The summed E-state index contributed by atoms with van der Waals surface area (Å²) in [7, 11) is 1.73. The lowest BCUT2D eigenvalue weighted by Gasteiger charge is -2.17. The second kappa shape index (κ2) is 6.75. The predicted molar refractivity (Wildman–Crippen MR) is 68.3 cm³/mol. The van der Waals surface area contributed by atoms with Crippen molar-refractivity contribution in [3.05, 3.63) is 24.3 Å². The van der Waals surface area contributed by atoms with Gasteiger partial charge < -0.3 is 20.7 Å². The van der Waals surface area contributed by atoms with Gasteiger partial charge in [-0.3, -0.25) is 0 Å². The fourth-order valence-electron chi connectivity index (χ4n) is 1.22. The van der Waals surface area contributed by atoms with Gasteiger partial charge in [0.25, 0.3) is 0 Å². The molecule has 17 heavy (non-hydrogen) atoms. The van der Waals surface area contributed by atoms with Crippen molar-refractivity contribution in [3.63, 3.8) is 0 Å². The Morgan fingerprint density at radius 1 is 1.47 bits per heavy atom. The number of carbonyl (C=O) groups excluding carboxylic acids is 1. The molecule has 0 saturated heterocycles. The van der Waals surface area contributed by atoms with Gasteiger partial charge >= 0.3 is 6.03 Å². The normalized spacial score (nSPS) is 9.82. The number of ether oxygens (including phenoxy) is 1. The highest BCUT2D eigenvalue weighted by atomic mass is 16.5. The number of nitrogens with two attached hydrogens (primary N) is 1. The van der Waals surface area contributed by atoms with E-state index < -0.39 is 0 Å². The molecule has 0 aliphatic rings. The molecule has 3 N–H and O–H groups in total. The van der Waals surface area contributed by atoms with Gasteiger partial charge in [0, 0.05) is 20.1 Å². The van der Waals surface area contributed by atoms with Crippen LogP contribution in [0.3, 0.4) is 0 Å². The number of carbonyl (C=O) groups is 1. The first-order valence-corrected chi connectivity index (χ1v) is 5.63. The van der Waals surface area contributed by atoms with E-state index in [4.69, 9.17) is 10.5 Å².